The minimum absolute atomic E-state index is 0.0692. The van der Waals surface area contributed by atoms with Crippen molar-refractivity contribution in [2.75, 3.05) is 6.61 Å². The van der Waals surface area contributed by atoms with Gasteiger partial charge in [-0.25, -0.2) is 4.98 Å². The summed E-state index contributed by atoms with van der Waals surface area (Å²) in [6, 6.07) is 10.4. The molecule has 1 atom stereocenters. The number of nitrogens with zero attached hydrogens (tertiary/aromatic N) is 4. The first-order valence-corrected chi connectivity index (χ1v) is 9.29. The number of ether oxygens (including phenoxy) is 1. The number of imidazole rings is 1. The van der Waals surface area contributed by atoms with Gasteiger partial charge in [0.15, 0.2) is 0 Å². The van der Waals surface area contributed by atoms with Crippen LogP contribution in [0.15, 0.2) is 55.1 Å². The lowest BCUT2D eigenvalue weighted by Crippen LogP contribution is -2.34. The van der Waals surface area contributed by atoms with Gasteiger partial charge in [-0.1, -0.05) is 30.3 Å². The van der Waals surface area contributed by atoms with Gasteiger partial charge in [0.25, 0.3) is 0 Å². The van der Waals surface area contributed by atoms with Crippen LogP contribution in [0.1, 0.15) is 49.6 Å². The Balaban J connectivity index is 1.46. The van der Waals surface area contributed by atoms with E-state index in [4.69, 9.17) is 4.74 Å². The summed E-state index contributed by atoms with van der Waals surface area (Å²) in [5.41, 5.74) is 2.39. The molecule has 0 radical (unpaired) electrons. The highest BCUT2D eigenvalue weighted by atomic mass is 16.5. The van der Waals surface area contributed by atoms with E-state index in [0.29, 0.717) is 5.92 Å². The van der Waals surface area contributed by atoms with Crippen molar-refractivity contribution < 1.29 is 4.74 Å². The fraction of sp³-hybridized carbons (Fsp3) is 0.429. The molecular formula is C21H26N4O. The van der Waals surface area contributed by atoms with E-state index in [0.717, 1.165) is 38.4 Å². The Labute approximate surface area is 154 Å². The zero-order valence-electron chi connectivity index (χ0n) is 15.5. The monoisotopic (exact) mass is 350 g/mol. The van der Waals surface area contributed by atoms with Gasteiger partial charge < -0.3 is 9.30 Å². The standard InChI is InChI=1S/C21H26N4O/c1-21(2)12-19(8-11-26-21)20-22-9-10-24(20)14-18-13-23-25(16-18)15-17-6-4-3-5-7-17/h3-7,9-10,13,16,19H,8,11-12,14-15H2,1-2H3. The van der Waals surface area contributed by atoms with Gasteiger partial charge in [0.05, 0.1) is 24.9 Å². The van der Waals surface area contributed by atoms with E-state index >= 15 is 0 Å². The van der Waals surface area contributed by atoms with E-state index in [-0.39, 0.29) is 5.60 Å². The van der Waals surface area contributed by atoms with Gasteiger partial charge in [-0.2, -0.15) is 5.10 Å². The molecule has 1 aromatic carbocycles. The van der Waals surface area contributed by atoms with E-state index in [1.54, 1.807) is 0 Å². The Hall–Kier alpha value is -2.40. The highest BCUT2D eigenvalue weighted by Gasteiger charge is 2.31. The van der Waals surface area contributed by atoms with Crippen LogP contribution in [0.5, 0.6) is 0 Å². The molecule has 1 saturated heterocycles. The van der Waals surface area contributed by atoms with Crippen molar-refractivity contribution in [3.8, 4) is 0 Å². The highest BCUT2D eigenvalue weighted by molar-refractivity contribution is 5.16. The molecule has 3 heterocycles. The summed E-state index contributed by atoms with van der Waals surface area (Å²) >= 11 is 0. The fourth-order valence-corrected chi connectivity index (χ4v) is 3.81. The number of benzene rings is 1. The molecule has 4 rings (SSSR count). The smallest absolute Gasteiger partial charge is 0.112 e. The molecule has 0 bridgehead atoms. The summed E-state index contributed by atoms with van der Waals surface area (Å²) < 4.78 is 10.1. The van der Waals surface area contributed by atoms with Crippen LogP contribution >= 0.6 is 0 Å². The number of aromatic nitrogens is 4. The lowest BCUT2D eigenvalue weighted by Gasteiger charge is -2.35. The summed E-state index contributed by atoms with van der Waals surface area (Å²) in [5.74, 6) is 1.62. The van der Waals surface area contributed by atoms with Crippen molar-refractivity contribution >= 4 is 0 Å². The Morgan fingerprint density at radius 2 is 2.00 bits per heavy atom. The first-order chi connectivity index (χ1) is 12.6. The maximum absolute atomic E-state index is 5.86. The van der Waals surface area contributed by atoms with Crippen molar-refractivity contribution in [1.82, 2.24) is 19.3 Å². The topological polar surface area (TPSA) is 44.9 Å². The van der Waals surface area contributed by atoms with Crippen molar-refractivity contribution in [1.29, 1.82) is 0 Å². The average molecular weight is 350 g/mol. The molecular weight excluding hydrogens is 324 g/mol. The molecule has 3 aromatic rings. The molecule has 1 unspecified atom stereocenters. The van der Waals surface area contributed by atoms with Crippen molar-refractivity contribution in [3.63, 3.8) is 0 Å². The summed E-state index contributed by atoms with van der Waals surface area (Å²) in [6.45, 7) is 6.74. The van der Waals surface area contributed by atoms with Crippen LogP contribution in [0.4, 0.5) is 0 Å². The first-order valence-electron chi connectivity index (χ1n) is 9.29. The third-order valence-corrected chi connectivity index (χ3v) is 5.04. The highest BCUT2D eigenvalue weighted by Crippen LogP contribution is 2.34. The molecule has 2 aromatic heterocycles. The molecule has 5 nitrogen and oxygen atoms in total. The lowest BCUT2D eigenvalue weighted by molar-refractivity contribution is -0.0606. The molecule has 136 valence electrons. The first kappa shape index (κ1) is 17.0. The second-order valence-corrected chi connectivity index (χ2v) is 7.74. The maximum Gasteiger partial charge on any atom is 0.112 e. The van der Waals surface area contributed by atoms with E-state index in [2.05, 4.69) is 65.2 Å². The van der Waals surface area contributed by atoms with Gasteiger partial charge in [-0.05, 0) is 32.3 Å². The summed E-state index contributed by atoms with van der Waals surface area (Å²) in [5, 5.41) is 4.52. The zero-order valence-corrected chi connectivity index (χ0v) is 15.5. The van der Waals surface area contributed by atoms with E-state index in [9.17, 15) is 0 Å². The minimum Gasteiger partial charge on any atom is -0.376 e. The molecule has 0 saturated carbocycles. The van der Waals surface area contributed by atoms with E-state index in [1.165, 1.54) is 11.1 Å². The Morgan fingerprint density at radius 3 is 2.81 bits per heavy atom. The second-order valence-electron chi connectivity index (χ2n) is 7.74. The summed E-state index contributed by atoms with van der Waals surface area (Å²) in [7, 11) is 0. The van der Waals surface area contributed by atoms with Crippen LogP contribution in [0.3, 0.4) is 0 Å². The van der Waals surface area contributed by atoms with Crippen molar-refractivity contribution in [3.05, 3.63) is 72.1 Å². The molecule has 0 spiro atoms. The van der Waals surface area contributed by atoms with Gasteiger partial charge in [-0.15, -0.1) is 0 Å². The Morgan fingerprint density at radius 1 is 1.15 bits per heavy atom. The van der Waals surface area contributed by atoms with Gasteiger partial charge in [-0.3, -0.25) is 4.68 Å². The molecule has 5 heteroatoms. The third kappa shape index (κ3) is 3.88. The van der Waals surface area contributed by atoms with Crippen LogP contribution in [-0.4, -0.2) is 31.5 Å². The summed E-state index contributed by atoms with van der Waals surface area (Å²) in [6.07, 6.45) is 10.1. The molecule has 0 amide bonds. The molecule has 1 aliphatic rings. The largest absolute Gasteiger partial charge is 0.376 e. The predicted molar refractivity (Wildman–Crippen MR) is 101 cm³/mol. The predicted octanol–water partition coefficient (Wildman–Crippen LogP) is 3.85. The van der Waals surface area contributed by atoms with Crippen LogP contribution in [0, 0.1) is 0 Å². The van der Waals surface area contributed by atoms with Gasteiger partial charge in [0.1, 0.15) is 5.82 Å². The third-order valence-electron chi connectivity index (χ3n) is 5.04. The normalized spacial score (nSPS) is 19.5. The van der Waals surface area contributed by atoms with Crippen LogP contribution < -0.4 is 0 Å². The lowest BCUT2D eigenvalue weighted by atomic mass is 9.88. The van der Waals surface area contributed by atoms with Gasteiger partial charge in [0.2, 0.25) is 0 Å². The number of hydrogen-bond donors (Lipinski definition) is 0. The molecule has 1 fully saturated rings. The van der Waals surface area contributed by atoms with Gasteiger partial charge >= 0.3 is 0 Å². The Bertz CT molecular complexity index is 850. The molecule has 26 heavy (non-hydrogen) atoms. The SMILES string of the molecule is CC1(C)CC(c2nccn2Cc2cnn(Cc3ccccc3)c2)CCO1. The molecule has 0 N–H and O–H groups in total. The maximum atomic E-state index is 5.86. The number of hydrogen-bond acceptors (Lipinski definition) is 3. The van der Waals surface area contributed by atoms with Crippen LogP contribution in [0.2, 0.25) is 0 Å². The van der Waals surface area contributed by atoms with Gasteiger partial charge in [0, 0.05) is 36.7 Å². The van der Waals surface area contributed by atoms with Crippen molar-refractivity contribution in [2.45, 2.75) is 51.3 Å². The van der Waals surface area contributed by atoms with E-state index in [1.807, 2.05) is 23.1 Å². The van der Waals surface area contributed by atoms with Crippen LogP contribution in [0.25, 0.3) is 0 Å². The quantitative estimate of drug-likeness (QED) is 0.702. The molecule has 1 aliphatic heterocycles. The fourth-order valence-electron chi connectivity index (χ4n) is 3.81. The number of rotatable bonds is 5. The summed E-state index contributed by atoms with van der Waals surface area (Å²) in [4.78, 5) is 4.66. The van der Waals surface area contributed by atoms with E-state index < -0.39 is 0 Å². The Kier molecular flexibility index (Phi) is 4.64. The average Bonchev–Trinajstić information content (AvgIpc) is 3.25. The minimum atomic E-state index is -0.0692. The zero-order chi connectivity index (χ0) is 18.0. The van der Waals surface area contributed by atoms with Crippen molar-refractivity contribution in [2.24, 2.45) is 0 Å². The second kappa shape index (κ2) is 7.08. The van der Waals surface area contributed by atoms with Crippen LogP contribution in [-0.2, 0) is 17.8 Å². The molecule has 0 aliphatic carbocycles.